The van der Waals surface area contributed by atoms with Gasteiger partial charge in [-0.1, -0.05) is 18.2 Å². The molecule has 1 atom stereocenters. The summed E-state index contributed by atoms with van der Waals surface area (Å²) in [4.78, 5) is 26.2. The number of likely N-dealkylation sites (tertiary alicyclic amines) is 1. The molecule has 3 N–H and O–H groups in total. The number of hydrogen-bond acceptors (Lipinski definition) is 4. The van der Waals surface area contributed by atoms with Gasteiger partial charge in [-0.05, 0) is 61.6 Å². The number of nitrogens with zero attached hydrogens (tertiary/aromatic N) is 1. The summed E-state index contributed by atoms with van der Waals surface area (Å²) in [6.07, 6.45) is 2.74. The number of ketones is 1. The van der Waals surface area contributed by atoms with Crippen LogP contribution in [0.5, 0.6) is 5.75 Å². The van der Waals surface area contributed by atoms with Crippen molar-refractivity contribution in [3.05, 3.63) is 53.6 Å². The monoisotopic (exact) mass is 352 g/mol. The van der Waals surface area contributed by atoms with Crippen LogP contribution in [0.2, 0.25) is 0 Å². The van der Waals surface area contributed by atoms with E-state index in [0.717, 1.165) is 36.9 Å². The summed E-state index contributed by atoms with van der Waals surface area (Å²) in [6, 6.07) is 12.5. The molecule has 0 saturated carbocycles. The van der Waals surface area contributed by atoms with E-state index in [9.17, 15) is 14.7 Å². The minimum atomic E-state index is -0.185. The average molecular weight is 352 g/mol. The fraction of sp³-hybridized carbons (Fsp3) is 0.333. The zero-order chi connectivity index (χ0) is 18.7. The van der Waals surface area contributed by atoms with E-state index < -0.39 is 0 Å². The zero-order valence-corrected chi connectivity index (χ0v) is 14.9. The van der Waals surface area contributed by atoms with Crippen LogP contribution in [0.1, 0.15) is 46.9 Å². The van der Waals surface area contributed by atoms with E-state index in [1.807, 2.05) is 29.2 Å². The van der Waals surface area contributed by atoms with Crippen LogP contribution in [0.3, 0.4) is 0 Å². The van der Waals surface area contributed by atoms with Crippen LogP contribution < -0.4 is 5.73 Å². The Morgan fingerprint density at radius 1 is 1.04 bits per heavy atom. The van der Waals surface area contributed by atoms with Gasteiger partial charge in [-0.15, -0.1) is 0 Å². The fourth-order valence-corrected chi connectivity index (χ4v) is 3.31. The van der Waals surface area contributed by atoms with Gasteiger partial charge in [0, 0.05) is 24.7 Å². The maximum Gasteiger partial charge on any atom is 0.253 e. The second kappa shape index (κ2) is 7.70. The molecular weight excluding hydrogens is 328 g/mol. The molecule has 0 radical (unpaired) electrons. The number of phenolic OH excluding ortho intramolecular Hbond substituents is 1. The Morgan fingerprint density at radius 2 is 1.73 bits per heavy atom. The Morgan fingerprint density at radius 3 is 2.42 bits per heavy atom. The van der Waals surface area contributed by atoms with Crippen molar-refractivity contribution in [2.45, 2.75) is 32.2 Å². The van der Waals surface area contributed by atoms with Crippen molar-refractivity contribution in [1.29, 1.82) is 0 Å². The van der Waals surface area contributed by atoms with Crippen LogP contribution in [0, 0.1) is 0 Å². The lowest BCUT2D eigenvalue weighted by Gasteiger charge is -2.20. The van der Waals surface area contributed by atoms with E-state index in [1.165, 1.54) is 13.0 Å². The summed E-state index contributed by atoms with van der Waals surface area (Å²) < 4.78 is 0. The molecule has 2 aromatic rings. The van der Waals surface area contributed by atoms with E-state index >= 15 is 0 Å². The molecule has 2 aromatic carbocycles. The zero-order valence-electron chi connectivity index (χ0n) is 14.9. The van der Waals surface area contributed by atoms with Crippen molar-refractivity contribution < 1.29 is 14.7 Å². The highest BCUT2D eigenvalue weighted by Crippen LogP contribution is 2.27. The molecule has 1 aliphatic heterocycles. The number of carbonyl (C=O) groups is 2. The molecule has 5 nitrogen and oxygen atoms in total. The second-order valence-corrected chi connectivity index (χ2v) is 6.85. The van der Waals surface area contributed by atoms with Crippen LogP contribution >= 0.6 is 0 Å². The number of nitrogens with two attached hydrogens (primary N) is 1. The summed E-state index contributed by atoms with van der Waals surface area (Å²) in [6.45, 7) is 2.86. The smallest absolute Gasteiger partial charge is 0.253 e. The van der Waals surface area contributed by atoms with Crippen molar-refractivity contribution in [2.75, 3.05) is 13.1 Å². The molecule has 0 aliphatic carbocycles. The molecule has 5 heteroatoms. The number of rotatable bonds is 3. The highest BCUT2D eigenvalue weighted by atomic mass is 16.3. The van der Waals surface area contributed by atoms with Gasteiger partial charge in [0.2, 0.25) is 0 Å². The van der Waals surface area contributed by atoms with Crippen molar-refractivity contribution in [1.82, 2.24) is 4.90 Å². The third-order valence-corrected chi connectivity index (χ3v) is 4.90. The van der Waals surface area contributed by atoms with Gasteiger partial charge in [0.1, 0.15) is 5.75 Å². The third kappa shape index (κ3) is 3.94. The number of phenols is 1. The van der Waals surface area contributed by atoms with Crippen LogP contribution in [0.15, 0.2) is 42.5 Å². The van der Waals surface area contributed by atoms with Crippen molar-refractivity contribution >= 4 is 11.7 Å². The molecule has 1 heterocycles. The van der Waals surface area contributed by atoms with Crippen LogP contribution in [-0.4, -0.2) is 40.8 Å². The first-order valence-electron chi connectivity index (χ1n) is 8.95. The lowest BCUT2D eigenvalue weighted by atomic mass is 9.99. The molecule has 1 aliphatic rings. The first kappa shape index (κ1) is 18.1. The number of benzene rings is 2. The number of aromatic hydroxyl groups is 1. The number of amides is 1. The lowest BCUT2D eigenvalue weighted by Crippen LogP contribution is -2.32. The standard InChI is InChI=1S/C21H24N2O3/c1-14(24)19-13-17(8-9-20(19)25)15-4-6-16(7-5-15)21(26)23-11-2-3-18(22)10-12-23/h4-9,13,18,25H,2-3,10-12,22H2,1H3. The first-order valence-corrected chi connectivity index (χ1v) is 8.95. The van der Waals surface area contributed by atoms with Gasteiger partial charge < -0.3 is 15.7 Å². The summed E-state index contributed by atoms with van der Waals surface area (Å²) in [7, 11) is 0. The van der Waals surface area contributed by atoms with Crippen LogP contribution in [0.25, 0.3) is 11.1 Å². The van der Waals surface area contributed by atoms with Gasteiger partial charge >= 0.3 is 0 Å². The SMILES string of the molecule is CC(=O)c1cc(-c2ccc(C(=O)N3CCCC(N)CC3)cc2)ccc1O. The average Bonchev–Trinajstić information content (AvgIpc) is 2.86. The second-order valence-electron chi connectivity index (χ2n) is 6.85. The quantitative estimate of drug-likeness (QED) is 0.831. The highest BCUT2D eigenvalue weighted by Gasteiger charge is 2.20. The van der Waals surface area contributed by atoms with Gasteiger partial charge in [-0.2, -0.15) is 0 Å². The van der Waals surface area contributed by atoms with Gasteiger partial charge in [0.15, 0.2) is 5.78 Å². The lowest BCUT2D eigenvalue weighted by molar-refractivity contribution is 0.0761. The topological polar surface area (TPSA) is 83.6 Å². The highest BCUT2D eigenvalue weighted by molar-refractivity contribution is 5.98. The molecular formula is C21H24N2O3. The Balaban J connectivity index is 1.79. The van der Waals surface area contributed by atoms with Crippen molar-refractivity contribution in [2.24, 2.45) is 5.73 Å². The summed E-state index contributed by atoms with van der Waals surface area (Å²) in [5.41, 5.74) is 8.64. The fourth-order valence-electron chi connectivity index (χ4n) is 3.31. The van der Waals surface area contributed by atoms with E-state index in [4.69, 9.17) is 5.73 Å². The molecule has 0 aromatic heterocycles. The first-order chi connectivity index (χ1) is 12.5. The van der Waals surface area contributed by atoms with Crippen LogP contribution in [-0.2, 0) is 0 Å². The minimum Gasteiger partial charge on any atom is -0.507 e. The number of carbonyl (C=O) groups excluding carboxylic acids is 2. The summed E-state index contributed by atoms with van der Waals surface area (Å²) >= 11 is 0. The maximum atomic E-state index is 12.7. The molecule has 136 valence electrons. The predicted molar refractivity (Wildman–Crippen MR) is 101 cm³/mol. The molecule has 0 spiro atoms. The number of hydrogen-bond donors (Lipinski definition) is 2. The largest absolute Gasteiger partial charge is 0.507 e. The Labute approximate surface area is 153 Å². The molecule has 0 bridgehead atoms. The molecule has 1 unspecified atom stereocenters. The molecule has 1 saturated heterocycles. The number of Topliss-reactive ketones (excluding diaryl/α,β-unsaturated/α-hetero) is 1. The normalized spacial score (nSPS) is 17.6. The van der Waals surface area contributed by atoms with Crippen LogP contribution in [0.4, 0.5) is 0 Å². The van der Waals surface area contributed by atoms with E-state index in [1.54, 1.807) is 12.1 Å². The molecule has 1 amide bonds. The minimum absolute atomic E-state index is 0.0209. The third-order valence-electron chi connectivity index (χ3n) is 4.90. The van der Waals surface area contributed by atoms with Crippen molar-refractivity contribution in [3.63, 3.8) is 0 Å². The maximum absolute atomic E-state index is 12.7. The van der Waals surface area contributed by atoms with Gasteiger partial charge in [-0.3, -0.25) is 9.59 Å². The molecule has 1 fully saturated rings. The van der Waals surface area contributed by atoms with Gasteiger partial charge in [0.25, 0.3) is 5.91 Å². The van der Waals surface area contributed by atoms with Gasteiger partial charge in [-0.25, -0.2) is 0 Å². The van der Waals surface area contributed by atoms with E-state index in [2.05, 4.69) is 0 Å². The molecule has 3 rings (SSSR count). The summed E-state index contributed by atoms with van der Waals surface area (Å²) in [5.74, 6) is -0.177. The Kier molecular flexibility index (Phi) is 5.38. The summed E-state index contributed by atoms with van der Waals surface area (Å²) in [5, 5.41) is 9.78. The molecule has 26 heavy (non-hydrogen) atoms. The van der Waals surface area contributed by atoms with Gasteiger partial charge in [0.05, 0.1) is 5.56 Å². The Bertz CT molecular complexity index is 815. The Hall–Kier alpha value is -2.66. The van der Waals surface area contributed by atoms with Crippen molar-refractivity contribution in [3.8, 4) is 16.9 Å². The predicted octanol–water partition coefficient (Wildman–Crippen LogP) is 3.22. The van der Waals surface area contributed by atoms with E-state index in [-0.39, 0.29) is 23.5 Å². The van der Waals surface area contributed by atoms with E-state index in [0.29, 0.717) is 17.7 Å².